The van der Waals surface area contributed by atoms with E-state index in [1.807, 2.05) is 6.07 Å². The van der Waals surface area contributed by atoms with Crippen LogP contribution in [0.4, 0.5) is 11.4 Å². The standard InChI is InChI=1S/C15H16N4O3S.2ClH/c1-22-14-8-10(19-23(2,20)21)4-5-11(14)15-17-12-6-3-9(16)7-13(12)18-15;;/h3-8,19H,16H2,1-2H3,(H,17,18);2*1H. The first-order valence-corrected chi connectivity index (χ1v) is 8.66. The first-order valence-electron chi connectivity index (χ1n) is 6.77. The minimum Gasteiger partial charge on any atom is -0.496 e. The lowest BCUT2D eigenvalue weighted by Gasteiger charge is -2.09. The van der Waals surface area contributed by atoms with Gasteiger partial charge in [0.05, 0.1) is 35.6 Å². The number of nitrogen functional groups attached to an aromatic ring is 1. The molecule has 1 aromatic heterocycles. The van der Waals surface area contributed by atoms with Gasteiger partial charge in [-0.1, -0.05) is 0 Å². The van der Waals surface area contributed by atoms with Gasteiger partial charge < -0.3 is 15.5 Å². The van der Waals surface area contributed by atoms with E-state index in [1.165, 1.54) is 7.11 Å². The van der Waals surface area contributed by atoms with Gasteiger partial charge in [-0.3, -0.25) is 4.72 Å². The van der Waals surface area contributed by atoms with Gasteiger partial charge in [0.15, 0.2) is 0 Å². The number of imidazole rings is 1. The maximum absolute atomic E-state index is 11.3. The van der Waals surface area contributed by atoms with Crippen LogP contribution < -0.4 is 15.2 Å². The van der Waals surface area contributed by atoms with Crippen molar-refractivity contribution in [1.29, 1.82) is 0 Å². The minimum absolute atomic E-state index is 0. The predicted molar refractivity (Wildman–Crippen MR) is 105 cm³/mol. The molecule has 0 radical (unpaired) electrons. The molecule has 0 saturated heterocycles. The molecule has 1 heterocycles. The number of nitrogens with one attached hydrogen (secondary N) is 2. The molecule has 0 aliphatic carbocycles. The summed E-state index contributed by atoms with van der Waals surface area (Å²) in [7, 11) is -1.83. The summed E-state index contributed by atoms with van der Waals surface area (Å²) < 4.78 is 30.4. The zero-order chi connectivity index (χ0) is 16.6. The molecule has 3 rings (SSSR count). The second-order valence-electron chi connectivity index (χ2n) is 5.15. The Morgan fingerprint density at radius 3 is 2.52 bits per heavy atom. The van der Waals surface area contributed by atoms with E-state index in [-0.39, 0.29) is 24.8 Å². The monoisotopic (exact) mass is 404 g/mol. The van der Waals surface area contributed by atoms with Crippen LogP contribution in [0.5, 0.6) is 5.75 Å². The molecule has 10 heteroatoms. The highest BCUT2D eigenvalue weighted by Gasteiger charge is 2.13. The van der Waals surface area contributed by atoms with Gasteiger partial charge in [-0.15, -0.1) is 24.8 Å². The molecule has 0 aliphatic heterocycles. The summed E-state index contributed by atoms with van der Waals surface area (Å²) in [6.45, 7) is 0. The number of aromatic nitrogens is 2. The number of halogens is 2. The Morgan fingerprint density at radius 1 is 1.16 bits per heavy atom. The highest BCUT2D eigenvalue weighted by Crippen LogP contribution is 2.32. The molecular formula is C15H18Cl2N4O3S. The Bertz CT molecular complexity index is 990. The molecule has 7 nitrogen and oxygen atoms in total. The minimum atomic E-state index is -3.35. The number of rotatable bonds is 4. The van der Waals surface area contributed by atoms with E-state index in [0.717, 1.165) is 22.9 Å². The fourth-order valence-electron chi connectivity index (χ4n) is 2.32. The van der Waals surface area contributed by atoms with Crippen molar-refractivity contribution in [2.75, 3.05) is 23.8 Å². The van der Waals surface area contributed by atoms with Crippen molar-refractivity contribution in [2.45, 2.75) is 0 Å². The molecule has 25 heavy (non-hydrogen) atoms. The van der Waals surface area contributed by atoms with Crippen molar-refractivity contribution < 1.29 is 13.2 Å². The van der Waals surface area contributed by atoms with Crippen molar-refractivity contribution in [2.24, 2.45) is 0 Å². The Kier molecular flexibility index (Phi) is 6.53. The molecule has 0 bridgehead atoms. The Balaban J connectivity index is 0.00000156. The van der Waals surface area contributed by atoms with Crippen LogP contribution in [-0.2, 0) is 10.0 Å². The third-order valence-electron chi connectivity index (χ3n) is 3.27. The molecule has 0 fully saturated rings. The van der Waals surface area contributed by atoms with Crippen LogP contribution in [0.2, 0.25) is 0 Å². The Hall–Kier alpha value is -2.16. The van der Waals surface area contributed by atoms with Crippen molar-refractivity contribution in [3.05, 3.63) is 36.4 Å². The van der Waals surface area contributed by atoms with E-state index in [2.05, 4.69) is 14.7 Å². The lowest BCUT2D eigenvalue weighted by atomic mass is 10.1. The molecule has 0 atom stereocenters. The van der Waals surface area contributed by atoms with Gasteiger partial charge in [0.25, 0.3) is 0 Å². The number of anilines is 2. The topological polar surface area (TPSA) is 110 Å². The van der Waals surface area contributed by atoms with E-state index in [9.17, 15) is 8.42 Å². The third kappa shape index (κ3) is 4.68. The molecular weight excluding hydrogens is 387 g/mol. The van der Waals surface area contributed by atoms with E-state index in [0.29, 0.717) is 22.9 Å². The number of methoxy groups -OCH3 is 1. The van der Waals surface area contributed by atoms with Gasteiger partial charge in [-0.25, -0.2) is 13.4 Å². The summed E-state index contributed by atoms with van der Waals surface area (Å²) in [6, 6.07) is 10.4. The summed E-state index contributed by atoms with van der Waals surface area (Å²) >= 11 is 0. The van der Waals surface area contributed by atoms with Gasteiger partial charge >= 0.3 is 0 Å². The van der Waals surface area contributed by atoms with Crippen LogP contribution in [-0.4, -0.2) is 31.8 Å². The normalized spacial score (nSPS) is 10.6. The second kappa shape index (κ2) is 7.81. The fraction of sp³-hybridized carbons (Fsp3) is 0.133. The zero-order valence-corrected chi connectivity index (χ0v) is 15.9. The van der Waals surface area contributed by atoms with Gasteiger partial charge in [-0.05, 0) is 30.3 Å². The molecule has 0 unspecified atom stereocenters. The number of benzene rings is 2. The Labute approximate surface area is 157 Å². The number of sulfonamides is 1. The quantitative estimate of drug-likeness (QED) is 0.578. The summed E-state index contributed by atoms with van der Waals surface area (Å²) in [6.07, 6.45) is 1.09. The molecule has 2 aromatic carbocycles. The first kappa shape index (κ1) is 20.9. The smallest absolute Gasteiger partial charge is 0.229 e. The van der Waals surface area contributed by atoms with Crippen LogP contribution >= 0.6 is 24.8 Å². The lowest BCUT2D eigenvalue weighted by Crippen LogP contribution is -2.09. The van der Waals surface area contributed by atoms with Crippen molar-refractivity contribution in [3.63, 3.8) is 0 Å². The average molecular weight is 405 g/mol. The van der Waals surface area contributed by atoms with Crippen LogP contribution in [0.25, 0.3) is 22.4 Å². The number of hydrogen-bond donors (Lipinski definition) is 3. The third-order valence-corrected chi connectivity index (χ3v) is 3.87. The molecule has 0 amide bonds. The number of H-pyrrole nitrogens is 1. The summed E-state index contributed by atoms with van der Waals surface area (Å²) in [5, 5.41) is 0. The highest BCUT2D eigenvalue weighted by atomic mass is 35.5. The number of nitrogens with zero attached hydrogens (tertiary/aromatic N) is 1. The molecule has 0 saturated carbocycles. The molecule has 4 N–H and O–H groups in total. The van der Waals surface area contributed by atoms with Gasteiger partial charge in [0.1, 0.15) is 11.6 Å². The number of fused-ring (bicyclic) bond motifs is 1. The second-order valence-corrected chi connectivity index (χ2v) is 6.90. The van der Waals surface area contributed by atoms with Crippen LogP contribution in [0.15, 0.2) is 36.4 Å². The highest BCUT2D eigenvalue weighted by molar-refractivity contribution is 7.92. The number of nitrogens with two attached hydrogens (primary N) is 1. The van der Waals surface area contributed by atoms with E-state index in [4.69, 9.17) is 10.5 Å². The summed E-state index contributed by atoms with van der Waals surface area (Å²) in [5.41, 5.74) is 9.17. The SMILES string of the molecule is COc1cc(NS(C)(=O)=O)ccc1-c1nc2ccc(N)cc2[nH]1.Cl.Cl. The number of aromatic amines is 1. The average Bonchev–Trinajstić information content (AvgIpc) is 2.88. The molecule has 3 aromatic rings. The predicted octanol–water partition coefficient (Wildman–Crippen LogP) is 3.04. The van der Waals surface area contributed by atoms with Crippen molar-refractivity contribution in [3.8, 4) is 17.1 Å². The van der Waals surface area contributed by atoms with E-state index in [1.54, 1.807) is 30.3 Å². The maximum Gasteiger partial charge on any atom is 0.229 e. The molecule has 136 valence electrons. The van der Waals surface area contributed by atoms with Crippen molar-refractivity contribution >= 4 is 57.2 Å². The summed E-state index contributed by atoms with van der Waals surface area (Å²) in [5.74, 6) is 1.12. The first-order chi connectivity index (χ1) is 10.9. The van der Waals surface area contributed by atoms with Crippen LogP contribution in [0.3, 0.4) is 0 Å². The van der Waals surface area contributed by atoms with Gasteiger partial charge in [0, 0.05) is 11.8 Å². The lowest BCUT2D eigenvalue weighted by molar-refractivity contribution is 0.416. The van der Waals surface area contributed by atoms with E-state index >= 15 is 0 Å². The van der Waals surface area contributed by atoms with Gasteiger partial charge in [-0.2, -0.15) is 0 Å². The molecule has 0 spiro atoms. The largest absolute Gasteiger partial charge is 0.496 e. The number of ether oxygens (including phenoxy) is 1. The zero-order valence-electron chi connectivity index (χ0n) is 13.4. The summed E-state index contributed by atoms with van der Waals surface area (Å²) in [4.78, 5) is 7.69. The van der Waals surface area contributed by atoms with Crippen LogP contribution in [0, 0.1) is 0 Å². The van der Waals surface area contributed by atoms with Gasteiger partial charge in [0.2, 0.25) is 10.0 Å². The number of hydrogen-bond acceptors (Lipinski definition) is 5. The fourth-order valence-corrected chi connectivity index (χ4v) is 2.87. The van der Waals surface area contributed by atoms with Crippen LogP contribution in [0.1, 0.15) is 0 Å². The Morgan fingerprint density at radius 2 is 1.88 bits per heavy atom. The van der Waals surface area contributed by atoms with Crippen molar-refractivity contribution in [1.82, 2.24) is 9.97 Å². The van der Waals surface area contributed by atoms with E-state index < -0.39 is 10.0 Å². The molecule has 0 aliphatic rings. The maximum atomic E-state index is 11.3.